The molecule has 1 saturated carbocycles. The molecular formula is C23H24N4O3. The molecule has 0 radical (unpaired) electrons. The van der Waals surface area contributed by atoms with Crippen LogP contribution in [0.1, 0.15) is 40.7 Å². The molecule has 0 bridgehead atoms. The minimum absolute atomic E-state index is 0.0764. The van der Waals surface area contributed by atoms with E-state index in [0.29, 0.717) is 16.9 Å². The number of carbonyl (C=O) groups is 3. The average molecular weight is 404 g/mol. The van der Waals surface area contributed by atoms with E-state index < -0.39 is 5.91 Å². The molecule has 154 valence electrons. The van der Waals surface area contributed by atoms with E-state index in [2.05, 4.69) is 5.32 Å². The highest BCUT2D eigenvalue weighted by Gasteiger charge is 2.37. The Hall–Kier alpha value is -3.48. The molecule has 2 aromatic rings. The first-order chi connectivity index (χ1) is 14.3. The first-order valence-corrected chi connectivity index (χ1v) is 10.0. The van der Waals surface area contributed by atoms with Gasteiger partial charge in [0.2, 0.25) is 17.7 Å². The molecule has 7 nitrogen and oxygen atoms in total. The van der Waals surface area contributed by atoms with Gasteiger partial charge in [-0.1, -0.05) is 0 Å². The van der Waals surface area contributed by atoms with Gasteiger partial charge in [-0.05, 0) is 80.6 Å². The number of benzene rings is 2. The number of hydrogen-bond donors (Lipinski definition) is 2. The summed E-state index contributed by atoms with van der Waals surface area (Å²) >= 11 is 0. The summed E-state index contributed by atoms with van der Waals surface area (Å²) in [6.07, 6.45) is 2.51. The van der Waals surface area contributed by atoms with Crippen LogP contribution in [0.2, 0.25) is 0 Å². The molecule has 30 heavy (non-hydrogen) atoms. The zero-order valence-electron chi connectivity index (χ0n) is 17.1. The van der Waals surface area contributed by atoms with E-state index in [-0.39, 0.29) is 24.3 Å². The minimum Gasteiger partial charge on any atom is -0.366 e. The van der Waals surface area contributed by atoms with Crippen molar-refractivity contribution in [2.45, 2.75) is 33.1 Å². The molecule has 0 aromatic heterocycles. The van der Waals surface area contributed by atoms with E-state index in [1.165, 1.54) is 0 Å². The Bertz CT molecular complexity index is 1070. The topological polar surface area (TPSA) is 105 Å². The molecule has 1 heterocycles. The summed E-state index contributed by atoms with van der Waals surface area (Å²) in [5, 5.41) is 2.79. The number of anilines is 2. The third kappa shape index (κ3) is 3.70. The first kappa shape index (κ1) is 19.8. The highest BCUT2D eigenvalue weighted by atomic mass is 16.2. The Labute approximate surface area is 175 Å². The third-order valence-corrected chi connectivity index (χ3v) is 5.79. The van der Waals surface area contributed by atoms with Crippen LogP contribution in [0.4, 0.5) is 17.1 Å². The highest BCUT2D eigenvalue weighted by Crippen LogP contribution is 2.39. The molecule has 1 aliphatic carbocycles. The van der Waals surface area contributed by atoms with Crippen LogP contribution in [0, 0.1) is 19.8 Å². The van der Waals surface area contributed by atoms with E-state index >= 15 is 0 Å². The van der Waals surface area contributed by atoms with Gasteiger partial charge >= 0.3 is 0 Å². The average Bonchev–Trinajstić information content (AvgIpc) is 3.13. The predicted molar refractivity (Wildman–Crippen MR) is 116 cm³/mol. The number of nitrogens with one attached hydrogen (secondary N) is 1. The lowest BCUT2D eigenvalue weighted by atomic mass is 10.0. The van der Waals surface area contributed by atoms with Crippen molar-refractivity contribution in [1.82, 2.24) is 0 Å². The van der Waals surface area contributed by atoms with Gasteiger partial charge in [-0.3, -0.25) is 19.4 Å². The molecule has 3 amide bonds. The van der Waals surface area contributed by atoms with E-state index in [1.807, 2.05) is 26.0 Å². The fraction of sp³-hybridized carbons (Fsp3) is 0.304. The highest BCUT2D eigenvalue weighted by molar-refractivity contribution is 6.17. The monoisotopic (exact) mass is 404 g/mol. The SMILES string of the molecule is Cc1cc2c(cc1C)N(CC(=O)Nc1ccc(C(N)=O)cc1)C(=O)C1CCCC1=N2. The number of rotatable bonds is 4. The number of fused-ring (bicyclic) bond motifs is 2. The molecular weight excluding hydrogens is 380 g/mol. The zero-order chi connectivity index (χ0) is 21.4. The summed E-state index contributed by atoms with van der Waals surface area (Å²) in [6.45, 7) is 3.89. The van der Waals surface area contributed by atoms with Crippen molar-refractivity contribution in [3.8, 4) is 0 Å². The maximum atomic E-state index is 13.3. The van der Waals surface area contributed by atoms with Crippen molar-refractivity contribution in [3.63, 3.8) is 0 Å². The summed E-state index contributed by atoms with van der Waals surface area (Å²) in [4.78, 5) is 43.6. The molecule has 7 heteroatoms. The van der Waals surface area contributed by atoms with Crippen LogP contribution in [0.25, 0.3) is 0 Å². The Morgan fingerprint density at radius 2 is 1.87 bits per heavy atom. The maximum Gasteiger partial charge on any atom is 0.248 e. The Morgan fingerprint density at radius 1 is 1.17 bits per heavy atom. The molecule has 3 N–H and O–H groups in total. The Kier molecular flexibility index (Phi) is 5.11. The van der Waals surface area contributed by atoms with Crippen LogP contribution in [-0.4, -0.2) is 30.0 Å². The van der Waals surface area contributed by atoms with Crippen molar-refractivity contribution < 1.29 is 14.4 Å². The summed E-state index contributed by atoms with van der Waals surface area (Å²) in [5.41, 5.74) is 10.6. The second-order valence-corrected chi connectivity index (χ2v) is 7.89. The van der Waals surface area contributed by atoms with Crippen LogP contribution >= 0.6 is 0 Å². The van der Waals surface area contributed by atoms with E-state index in [1.54, 1.807) is 29.2 Å². The van der Waals surface area contributed by atoms with Crippen molar-refractivity contribution in [2.75, 3.05) is 16.8 Å². The molecule has 2 aromatic carbocycles. The van der Waals surface area contributed by atoms with Crippen LogP contribution in [-0.2, 0) is 9.59 Å². The molecule has 1 aliphatic heterocycles. The Balaban J connectivity index is 1.61. The summed E-state index contributed by atoms with van der Waals surface area (Å²) in [7, 11) is 0. The van der Waals surface area contributed by atoms with Gasteiger partial charge in [-0.2, -0.15) is 0 Å². The van der Waals surface area contributed by atoms with Gasteiger partial charge in [-0.25, -0.2) is 0 Å². The molecule has 1 atom stereocenters. The second kappa shape index (κ2) is 7.74. The minimum atomic E-state index is -0.530. The number of hydrogen-bond acceptors (Lipinski definition) is 4. The third-order valence-electron chi connectivity index (χ3n) is 5.79. The van der Waals surface area contributed by atoms with Crippen LogP contribution in [0.3, 0.4) is 0 Å². The number of primary amides is 1. The second-order valence-electron chi connectivity index (χ2n) is 7.89. The lowest BCUT2D eigenvalue weighted by molar-refractivity contribution is -0.122. The van der Waals surface area contributed by atoms with Gasteiger partial charge in [0.15, 0.2) is 0 Å². The maximum absolute atomic E-state index is 13.3. The van der Waals surface area contributed by atoms with Crippen LogP contribution in [0.5, 0.6) is 0 Å². The number of carbonyl (C=O) groups excluding carboxylic acids is 3. The summed E-state index contributed by atoms with van der Waals surface area (Å²) < 4.78 is 0. The molecule has 4 rings (SSSR count). The van der Waals surface area contributed by atoms with Crippen LogP contribution < -0.4 is 16.0 Å². The number of nitrogens with zero attached hydrogens (tertiary/aromatic N) is 2. The van der Waals surface area contributed by atoms with E-state index in [9.17, 15) is 14.4 Å². The van der Waals surface area contributed by atoms with Crippen molar-refractivity contribution in [2.24, 2.45) is 16.6 Å². The van der Waals surface area contributed by atoms with Gasteiger partial charge in [0.1, 0.15) is 6.54 Å². The van der Waals surface area contributed by atoms with Crippen molar-refractivity contribution in [3.05, 3.63) is 53.1 Å². The summed E-state index contributed by atoms with van der Waals surface area (Å²) in [5.74, 6) is -1.19. The largest absolute Gasteiger partial charge is 0.366 e. The van der Waals surface area contributed by atoms with Crippen molar-refractivity contribution in [1.29, 1.82) is 0 Å². The van der Waals surface area contributed by atoms with E-state index in [4.69, 9.17) is 10.7 Å². The van der Waals surface area contributed by atoms with Crippen LogP contribution in [0.15, 0.2) is 41.4 Å². The van der Waals surface area contributed by atoms with Gasteiger partial charge in [0, 0.05) is 17.0 Å². The standard InChI is InChI=1S/C23H24N4O3/c1-13-10-19-20(11-14(13)2)27(23(30)17-4-3-5-18(17)26-19)12-21(28)25-16-8-6-15(7-9-16)22(24)29/h6-11,17H,3-5,12H2,1-2H3,(H2,24,29)(H,25,28). The Morgan fingerprint density at radius 3 is 2.57 bits per heavy atom. The zero-order valence-corrected chi connectivity index (χ0v) is 17.1. The normalized spacial score (nSPS) is 17.7. The fourth-order valence-electron chi connectivity index (χ4n) is 4.01. The quantitative estimate of drug-likeness (QED) is 0.817. The smallest absolute Gasteiger partial charge is 0.248 e. The fourth-order valence-corrected chi connectivity index (χ4v) is 4.01. The van der Waals surface area contributed by atoms with Crippen molar-refractivity contribution >= 4 is 40.5 Å². The van der Waals surface area contributed by atoms with Gasteiger partial charge in [-0.15, -0.1) is 0 Å². The molecule has 0 spiro atoms. The van der Waals surface area contributed by atoms with Gasteiger partial charge in [0.25, 0.3) is 0 Å². The number of aryl methyl sites for hydroxylation is 2. The predicted octanol–water partition coefficient (Wildman–Crippen LogP) is 3.26. The molecule has 1 fully saturated rings. The lowest BCUT2D eigenvalue weighted by Crippen LogP contribution is -2.42. The van der Waals surface area contributed by atoms with E-state index in [0.717, 1.165) is 41.8 Å². The first-order valence-electron chi connectivity index (χ1n) is 10.0. The van der Waals surface area contributed by atoms with Gasteiger partial charge < -0.3 is 16.0 Å². The molecule has 1 unspecified atom stereocenters. The number of aliphatic imine (C=N–C) groups is 1. The lowest BCUT2D eigenvalue weighted by Gasteiger charge is -2.25. The van der Waals surface area contributed by atoms with Gasteiger partial charge in [0.05, 0.1) is 17.3 Å². The number of nitrogens with two attached hydrogens (primary N) is 1. The molecule has 2 aliphatic rings. The molecule has 0 saturated heterocycles. The summed E-state index contributed by atoms with van der Waals surface area (Å²) in [6, 6.07) is 10.2. The number of amides is 3.